The fraction of sp³-hybridized carbons (Fsp3) is 0.167. The van der Waals surface area contributed by atoms with E-state index in [9.17, 15) is 4.79 Å². The van der Waals surface area contributed by atoms with Crippen molar-refractivity contribution >= 4 is 41.7 Å². The van der Waals surface area contributed by atoms with Crippen LogP contribution in [-0.4, -0.2) is 20.9 Å². The Kier molecular flexibility index (Phi) is 5.72. The minimum Gasteiger partial charge on any atom is -0.477 e. The third kappa shape index (κ3) is 3.65. The number of carbonyl (C=O) groups is 1. The molecule has 4 nitrogen and oxygen atoms in total. The van der Waals surface area contributed by atoms with E-state index in [2.05, 4.69) is 5.10 Å². The molecular formula is C12H12Cl2N2O2S. The number of hydrogen-bond acceptors (Lipinski definition) is 3. The second-order valence-electron chi connectivity index (χ2n) is 3.67. The van der Waals surface area contributed by atoms with Crippen LogP contribution in [0.4, 0.5) is 0 Å². The molecule has 1 aromatic carbocycles. The van der Waals surface area contributed by atoms with Crippen molar-refractivity contribution in [2.75, 3.05) is 0 Å². The van der Waals surface area contributed by atoms with Crippen molar-refractivity contribution in [3.63, 3.8) is 0 Å². The van der Waals surface area contributed by atoms with Crippen LogP contribution >= 0.6 is 35.8 Å². The number of rotatable bonds is 4. The Labute approximate surface area is 126 Å². The van der Waals surface area contributed by atoms with Crippen LogP contribution in [0.1, 0.15) is 15.9 Å². The smallest absolute Gasteiger partial charge is 0.341 e. The molecule has 102 valence electrons. The highest BCUT2D eigenvalue weighted by atomic mass is 35.5. The van der Waals surface area contributed by atoms with E-state index in [0.717, 1.165) is 5.56 Å². The maximum absolute atomic E-state index is 11.1. The molecule has 0 aliphatic heterocycles. The van der Waals surface area contributed by atoms with Gasteiger partial charge in [0.05, 0.1) is 0 Å². The van der Waals surface area contributed by atoms with Crippen LogP contribution in [0.2, 0.25) is 5.15 Å². The molecule has 0 spiro atoms. The maximum atomic E-state index is 11.1. The molecule has 7 heteroatoms. The zero-order chi connectivity index (χ0) is 13.1. The maximum Gasteiger partial charge on any atom is 0.341 e. The van der Waals surface area contributed by atoms with Gasteiger partial charge in [0.25, 0.3) is 0 Å². The Morgan fingerprint density at radius 2 is 2.05 bits per heavy atom. The summed E-state index contributed by atoms with van der Waals surface area (Å²) in [5.74, 6) is -0.375. The molecular weight excluding hydrogens is 307 g/mol. The molecule has 0 aliphatic rings. The van der Waals surface area contributed by atoms with Gasteiger partial charge in [0, 0.05) is 12.8 Å². The molecule has 0 radical (unpaired) electrons. The van der Waals surface area contributed by atoms with Crippen molar-refractivity contribution in [3.8, 4) is 0 Å². The second-order valence-corrected chi connectivity index (χ2v) is 5.00. The lowest BCUT2D eigenvalue weighted by Crippen LogP contribution is -2.00. The number of carboxylic acids is 1. The summed E-state index contributed by atoms with van der Waals surface area (Å²) in [6.45, 7) is 0. The Morgan fingerprint density at radius 1 is 1.42 bits per heavy atom. The Morgan fingerprint density at radius 3 is 2.63 bits per heavy atom. The number of aromatic nitrogens is 2. The molecule has 1 aromatic heterocycles. The van der Waals surface area contributed by atoms with Crippen LogP contribution in [0.15, 0.2) is 35.4 Å². The monoisotopic (exact) mass is 318 g/mol. The number of halogens is 2. The van der Waals surface area contributed by atoms with Gasteiger partial charge in [0.2, 0.25) is 0 Å². The van der Waals surface area contributed by atoms with Crippen molar-refractivity contribution in [2.24, 2.45) is 7.05 Å². The normalized spacial score (nSPS) is 10.0. The van der Waals surface area contributed by atoms with Crippen molar-refractivity contribution in [1.82, 2.24) is 9.78 Å². The van der Waals surface area contributed by atoms with Crippen LogP contribution in [0, 0.1) is 0 Å². The van der Waals surface area contributed by atoms with Gasteiger partial charge < -0.3 is 5.11 Å². The number of nitrogens with zero attached hydrogens (tertiary/aromatic N) is 2. The molecule has 1 N–H and O–H groups in total. The molecule has 0 unspecified atom stereocenters. The van der Waals surface area contributed by atoms with E-state index < -0.39 is 5.97 Å². The third-order valence-corrected chi connectivity index (χ3v) is 3.87. The summed E-state index contributed by atoms with van der Waals surface area (Å²) in [4.78, 5) is 11.1. The van der Waals surface area contributed by atoms with Gasteiger partial charge in [-0.3, -0.25) is 4.68 Å². The van der Waals surface area contributed by atoms with Crippen molar-refractivity contribution in [1.29, 1.82) is 0 Å². The van der Waals surface area contributed by atoms with Crippen molar-refractivity contribution in [3.05, 3.63) is 46.6 Å². The topological polar surface area (TPSA) is 55.1 Å². The zero-order valence-corrected chi connectivity index (χ0v) is 12.4. The largest absolute Gasteiger partial charge is 0.477 e. The molecule has 0 bridgehead atoms. The van der Waals surface area contributed by atoms with E-state index in [1.807, 2.05) is 30.3 Å². The first kappa shape index (κ1) is 15.9. The Hall–Kier alpha value is -1.17. The third-order valence-electron chi connectivity index (χ3n) is 2.38. The summed E-state index contributed by atoms with van der Waals surface area (Å²) in [7, 11) is 1.69. The van der Waals surface area contributed by atoms with Gasteiger partial charge in [-0.05, 0) is 5.56 Å². The van der Waals surface area contributed by atoms with Gasteiger partial charge in [-0.1, -0.05) is 41.9 Å². The van der Waals surface area contributed by atoms with Gasteiger partial charge in [-0.15, -0.1) is 24.2 Å². The highest BCUT2D eigenvalue weighted by Gasteiger charge is 2.21. The number of benzene rings is 1. The fourth-order valence-electron chi connectivity index (χ4n) is 1.55. The van der Waals surface area contributed by atoms with E-state index in [0.29, 0.717) is 10.8 Å². The second kappa shape index (κ2) is 6.84. The van der Waals surface area contributed by atoms with E-state index in [1.54, 1.807) is 7.05 Å². The number of carboxylic acid groups (broad SMARTS) is 1. The molecule has 1 heterocycles. The average Bonchev–Trinajstić information content (AvgIpc) is 2.62. The SMILES string of the molecule is Cl.Cn1nc(Cl)c(C(=O)O)c1SCc1ccccc1. The standard InChI is InChI=1S/C12H11ClN2O2S.ClH/c1-15-11(9(12(16)17)10(13)14-15)18-7-8-5-3-2-4-6-8;/h2-6H,7H2,1H3,(H,16,17);1H. The van der Waals surface area contributed by atoms with Crippen molar-refractivity contribution < 1.29 is 9.90 Å². The fourth-order valence-corrected chi connectivity index (χ4v) is 2.94. The van der Waals surface area contributed by atoms with Crippen LogP contribution in [0.5, 0.6) is 0 Å². The van der Waals surface area contributed by atoms with Crippen molar-refractivity contribution in [2.45, 2.75) is 10.8 Å². The van der Waals surface area contributed by atoms with E-state index in [-0.39, 0.29) is 23.1 Å². The summed E-state index contributed by atoms with van der Waals surface area (Å²) in [6, 6.07) is 9.82. The summed E-state index contributed by atoms with van der Waals surface area (Å²) in [5, 5.41) is 13.6. The van der Waals surface area contributed by atoms with Crippen LogP contribution in [0.3, 0.4) is 0 Å². The summed E-state index contributed by atoms with van der Waals surface area (Å²) in [6.07, 6.45) is 0. The summed E-state index contributed by atoms with van der Waals surface area (Å²) >= 11 is 7.21. The molecule has 0 aliphatic carbocycles. The van der Waals surface area contributed by atoms with E-state index >= 15 is 0 Å². The summed E-state index contributed by atoms with van der Waals surface area (Å²) in [5.41, 5.74) is 1.19. The molecule has 0 fully saturated rings. The highest BCUT2D eigenvalue weighted by Crippen LogP contribution is 2.30. The minimum atomic E-state index is -1.05. The number of aromatic carboxylic acids is 1. The quantitative estimate of drug-likeness (QED) is 0.877. The van der Waals surface area contributed by atoms with Gasteiger partial charge >= 0.3 is 5.97 Å². The van der Waals surface area contributed by atoms with Gasteiger partial charge in [-0.2, -0.15) is 5.10 Å². The minimum absolute atomic E-state index is 0. The zero-order valence-electron chi connectivity index (χ0n) is 10.0. The van der Waals surface area contributed by atoms with E-state index in [1.165, 1.54) is 16.4 Å². The first-order valence-corrected chi connectivity index (χ1v) is 6.58. The number of aryl methyl sites for hydroxylation is 1. The predicted octanol–water partition coefficient (Wildman–Crippen LogP) is 3.49. The first-order valence-electron chi connectivity index (χ1n) is 5.22. The lowest BCUT2D eigenvalue weighted by molar-refractivity contribution is 0.0693. The summed E-state index contributed by atoms with van der Waals surface area (Å²) < 4.78 is 1.50. The molecule has 19 heavy (non-hydrogen) atoms. The molecule has 2 rings (SSSR count). The van der Waals surface area contributed by atoms with Crippen LogP contribution in [0.25, 0.3) is 0 Å². The average molecular weight is 319 g/mol. The molecule has 0 saturated carbocycles. The van der Waals surface area contributed by atoms with Gasteiger partial charge in [-0.25, -0.2) is 4.79 Å². The molecule has 0 atom stereocenters. The lowest BCUT2D eigenvalue weighted by Gasteiger charge is -2.03. The highest BCUT2D eigenvalue weighted by molar-refractivity contribution is 7.98. The number of hydrogen-bond donors (Lipinski definition) is 1. The molecule has 2 aromatic rings. The molecule has 0 amide bonds. The molecule has 0 saturated heterocycles. The Bertz CT molecular complexity index is 573. The number of thioether (sulfide) groups is 1. The first-order chi connectivity index (χ1) is 8.59. The van der Waals surface area contributed by atoms with E-state index in [4.69, 9.17) is 16.7 Å². The van der Waals surface area contributed by atoms with Gasteiger partial charge in [0.1, 0.15) is 10.6 Å². The Balaban J connectivity index is 0.00000180. The van der Waals surface area contributed by atoms with Gasteiger partial charge in [0.15, 0.2) is 5.15 Å². The van der Waals surface area contributed by atoms with Crippen LogP contribution in [-0.2, 0) is 12.8 Å². The van der Waals surface area contributed by atoms with Crippen LogP contribution < -0.4 is 0 Å². The predicted molar refractivity (Wildman–Crippen MR) is 78.4 cm³/mol. The lowest BCUT2D eigenvalue weighted by atomic mass is 10.2.